The van der Waals surface area contributed by atoms with E-state index in [2.05, 4.69) is 226 Å². The van der Waals surface area contributed by atoms with Crippen molar-refractivity contribution >= 4 is 60.9 Å². The molecule has 0 saturated carbocycles. The third-order valence-corrected chi connectivity index (χ3v) is 16.9. The van der Waals surface area contributed by atoms with Crippen molar-refractivity contribution in [3.05, 3.63) is 207 Å². The zero-order chi connectivity index (χ0) is 47.9. The fraction of sp³-hybridized carbons (Fsp3) is 0.194. The molecule has 0 aliphatic heterocycles. The molecule has 3 heteroatoms. The van der Waals surface area contributed by atoms with Crippen molar-refractivity contribution < 1.29 is 8.83 Å². The first-order chi connectivity index (χ1) is 33.6. The molecule has 9 aromatic carbocycles. The molecule has 340 valence electrons. The van der Waals surface area contributed by atoms with Gasteiger partial charge >= 0.3 is 0 Å². The molecule has 0 bridgehead atoms. The average molecular weight is 906 g/mol. The van der Waals surface area contributed by atoms with Gasteiger partial charge in [-0.25, -0.2) is 0 Å². The average Bonchev–Trinajstić information content (AvgIpc) is 4.09. The summed E-state index contributed by atoms with van der Waals surface area (Å²) in [7, 11) is 0. The van der Waals surface area contributed by atoms with E-state index in [0.29, 0.717) is 0 Å². The largest absolute Gasteiger partial charge is 0.455 e. The zero-order valence-electron chi connectivity index (χ0n) is 41.7. The monoisotopic (exact) mass is 905 g/mol. The molecule has 11 aromatic rings. The first kappa shape index (κ1) is 41.4. The number of anilines is 3. The molecule has 0 unspecified atom stereocenters. The molecule has 0 atom stereocenters. The van der Waals surface area contributed by atoms with Gasteiger partial charge in [0.05, 0.1) is 0 Å². The second-order valence-corrected chi connectivity index (χ2v) is 22.3. The van der Waals surface area contributed by atoms with Crippen molar-refractivity contribution in [2.75, 3.05) is 4.90 Å². The molecule has 3 nitrogen and oxygen atoms in total. The quantitative estimate of drug-likeness (QED) is 0.176. The molecule has 0 spiro atoms. The van der Waals surface area contributed by atoms with Crippen LogP contribution in [0.25, 0.3) is 88.4 Å². The van der Waals surface area contributed by atoms with Gasteiger partial charge in [0.25, 0.3) is 0 Å². The second-order valence-electron chi connectivity index (χ2n) is 22.3. The first-order valence-electron chi connectivity index (χ1n) is 25.0. The minimum Gasteiger partial charge on any atom is -0.455 e. The van der Waals surface area contributed by atoms with Crippen molar-refractivity contribution in [2.24, 2.45) is 0 Å². The van der Waals surface area contributed by atoms with E-state index in [0.717, 1.165) is 44.7 Å². The van der Waals surface area contributed by atoms with Gasteiger partial charge in [-0.1, -0.05) is 156 Å². The Labute approximate surface area is 410 Å². The smallest absolute Gasteiger partial charge is 0.144 e. The minimum absolute atomic E-state index is 0.223. The number of nitrogens with zero attached hydrogens (tertiary/aromatic N) is 1. The Kier molecular flexibility index (Phi) is 8.15. The normalized spacial score (nSPS) is 15.3. The van der Waals surface area contributed by atoms with Crippen molar-refractivity contribution in [1.29, 1.82) is 0 Å². The highest BCUT2D eigenvalue weighted by atomic mass is 16.3. The summed E-state index contributed by atoms with van der Waals surface area (Å²) >= 11 is 0. The second kappa shape index (κ2) is 13.8. The van der Waals surface area contributed by atoms with Gasteiger partial charge in [0.15, 0.2) is 0 Å². The molecule has 3 aliphatic rings. The summed E-state index contributed by atoms with van der Waals surface area (Å²) in [5.74, 6) is 0. The summed E-state index contributed by atoms with van der Waals surface area (Å²) < 4.78 is 13.9. The standard InChI is InChI=1S/C67H55NO2/c1-36-23-27-42(38(3)31-36)48-35-52-56(58-46-18-12-15-21-54(46)69-63(48)58)44-28-25-40(33-50(44)65(52,5)6)68(53-30-24-37(2)32-39(53)4)41-26-29-45-51(34-41)67(9,10)61-57(45)59-47-19-13-16-22-55(47)70-64(59)60-43-17-11-14-20-49(43)66(7,8)62(60)61/h11-35H,1-10H3. The van der Waals surface area contributed by atoms with E-state index in [1.807, 2.05) is 0 Å². The van der Waals surface area contributed by atoms with E-state index in [1.165, 1.54) is 116 Å². The van der Waals surface area contributed by atoms with E-state index in [-0.39, 0.29) is 16.2 Å². The van der Waals surface area contributed by atoms with E-state index >= 15 is 0 Å². The molecule has 70 heavy (non-hydrogen) atoms. The van der Waals surface area contributed by atoms with Crippen LogP contribution in [-0.4, -0.2) is 0 Å². The van der Waals surface area contributed by atoms with Crippen molar-refractivity contribution in [3.8, 4) is 44.5 Å². The number of hydrogen-bond donors (Lipinski definition) is 0. The van der Waals surface area contributed by atoms with Gasteiger partial charge in [-0.2, -0.15) is 0 Å². The lowest BCUT2D eigenvalue weighted by molar-refractivity contribution is 0.600. The zero-order valence-corrected chi connectivity index (χ0v) is 41.7. The van der Waals surface area contributed by atoms with Gasteiger partial charge in [0.2, 0.25) is 0 Å². The Balaban J connectivity index is 0.994. The molecular formula is C67H55NO2. The lowest BCUT2D eigenvalue weighted by Crippen LogP contribution is -2.24. The molecule has 2 heterocycles. The van der Waals surface area contributed by atoms with Crippen molar-refractivity contribution in [2.45, 2.75) is 85.5 Å². The summed E-state index contributed by atoms with van der Waals surface area (Å²) in [5, 5.41) is 4.76. The number of aryl methyl sites for hydroxylation is 4. The first-order valence-corrected chi connectivity index (χ1v) is 25.0. The summed E-state index contributed by atoms with van der Waals surface area (Å²) in [6.07, 6.45) is 0. The highest BCUT2D eigenvalue weighted by Gasteiger charge is 2.49. The molecule has 3 aliphatic carbocycles. The Morgan fingerprint density at radius 3 is 1.56 bits per heavy atom. The van der Waals surface area contributed by atoms with E-state index < -0.39 is 0 Å². The summed E-state index contributed by atoms with van der Waals surface area (Å²) in [5.41, 5.74) is 29.7. The molecule has 14 rings (SSSR count). The fourth-order valence-corrected chi connectivity index (χ4v) is 13.7. The molecule has 0 radical (unpaired) electrons. The Bertz CT molecular complexity index is 4150. The molecule has 0 amide bonds. The van der Waals surface area contributed by atoms with E-state index in [9.17, 15) is 0 Å². The van der Waals surface area contributed by atoms with E-state index in [4.69, 9.17) is 8.83 Å². The fourth-order valence-electron chi connectivity index (χ4n) is 13.7. The van der Waals surface area contributed by atoms with Crippen LogP contribution in [0.5, 0.6) is 0 Å². The predicted octanol–water partition coefficient (Wildman–Crippen LogP) is 18.8. The maximum atomic E-state index is 7.00. The Hall–Kier alpha value is -7.62. The van der Waals surface area contributed by atoms with Crippen LogP contribution in [0.2, 0.25) is 0 Å². The number of fused-ring (bicyclic) bond motifs is 19. The van der Waals surface area contributed by atoms with Crippen LogP contribution in [0.4, 0.5) is 17.1 Å². The number of benzene rings is 9. The van der Waals surface area contributed by atoms with Gasteiger partial charge in [0, 0.05) is 66.0 Å². The van der Waals surface area contributed by atoms with Crippen LogP contribution >= 0.6 is 0 Å². The molecule has 0 saturated heterocycles. The Morgan fingerprint density at radius 2 is 0.886 bits per heavy atom. The number of furan rings is 2. The Morgan fingerprint density at radius 1 is 0.371 bits per heavy atom. The summed E-state index contributed by atoms with van der Waals surface area (Å²) in [6.45, 7) is 23.4. The SMILES string of the molecule is Cc1ccc(-c2cc3c(c4c2oc2ccccc24)-c2ccc(N(c4ccc5c(c4)C(C)(C)c4c6c(c7oc8ccccc8c7c4-5)-c4ccccc4C6(C)C)c4ccc(C)cc4C)cc2C3(C)C)c(C)c1. The summed E-state index contributed by atoms with van der Waals surface area (Å²) in [6, 6.07) is 56.9. The van der Waals surface area contributed by atoms with Crippen LogP contribution < -0.4 is 4.90 Å². The lowest BCUT2D eigenvalue weighted by atomic mass is 9.72. The third kappa shape index (κ3) is 5.25. The number of hydrogen-bond acceptors (Lipinski definition) is 3. The van der Waals surface area contributed by atoms with Crippen LogP contribution in [-0.2, 0) is 16.2 Å². The van der Waals surface area contributed by atoms with Gasteiger partial charge in [-0.15, -0.1) is 0 Å². The van der Waals surface area contributed by atoms with Gasteiger partial charge in [-0.3, -0.25) is 0 Å². The lowest BCUT2D eigenvalue weighted by Gasteiger charge is -2.32. The number of rotatable bonds is 4. The molecular weight excluding hydrogens is 851 g/mol. The highest BCUT2D eigenvalue weighted by molar-refractivity contribution is 6.21. The minimum atomic E-state index is -0.321. The van der Waals surface area contributed by atoms with Gasteiger partial charge in [-0.05, 0) is 154 Å². The van der Waals surface area contributed by atoms with Crippen LogP contribution in [0.1, 0.15) is 97.2 Å². The maximum Gasteiger partial charge on any atom is 0.144 e. The predicted molar refractivity (Wildman–Crippen MR) is 293 cm³/mol. The highest BCUT2D eigenvalue weighted by Crippen LogP contribution is 2.64. The molecule has 0 fully saturated rings. The van der Waals surface area contributed by atoms with Crippen molar-refractivity contribution in [1.82, 2.24) is 0 Å². The maximum absolute atomic E-state index is 7.00. The molecule has 0 N–H and O–H groups in total. The topological polar surface area (TPSA) is 29.5 Å². The van der Waals surface area contributed by atoms with Crippen LogP contribution in [0.3, 0.4) is 0 Å². The van der Waals surface area contributed by atoms with Crippen molar-refractivity contribution in [3.63, 3.8) is 0 Å². The van der Waals surface area contributed by atoms with Crippen LogP contribution in [0.15, 0.2) is 160 Å². The van der Waals surface area contributed by atoms with Gasteiger partial charge in [0.1, 0.15) is 22.3 Å². The summed E-state index contributed by atoms with van der Waals surface area (Å²) in [4.78, 5) is 2.52. The van der Waals surface area contributed by atoms with Crippen LogP contribution in [0, 0.1) is 27.7 Å². The third-order valence-electron chi connectivity index (χ3n) is 16.9. The molecule has 2 aromatic heterocycles. The number of para-hydroxylation sites is 2. The van der Waals surface area contributed by atoms with E-state index in [1.54, 1.807) is 0 Å². The van der Waals surface area contributed by atoms with Gasteiger partial charge < -0.3 is 13.7 Å².